The predicted molar refractivity (Wildman–Crippen MR) is 155 cm³/mol. The van der Waals surface area contributed by atoms with E-state index in [1.165, 1.54) is 34.8 Å². The quantitative estimate of drug-likeness (QED) is 0.405. The summed E-state index contributed by atoms with van der Waals surface area (Å²) in [5.74, 6) is 0.356. The summed E-state index contributed by atoms with van der Waals surface area (Å²) in [6.07, 6.45) is 11.2. The fourth-order valence-corrected chi connectivity index (χ4v) is 6.51. The Labute approximate surface area is 237 Å². The first-order valence-electron chi connectivity index (χ1n) is 13.8. The molecule has 1 unspecified atom stereocenters. The molecule has 1 aliphatic heterocycles. The predicted octanol–water partition coefficient (Wildman–Crippen LogP) is 4.73. The van der Waals surface area contributed by atoms with Crippen LogP contribution in [0.1, 0.15) is 67.8 Å². The van der Waals surface area contributed by atoms with Crippen LogP contribution in [0.3, 0.4) is 0 Å². The zero-order valence-corrected chi connectivity index (χ0v) is 23.8. The Morgan fingerprint density at radius 3 is 2.59 bits per heavy atom. The highest BCUT2D eigenvalue weighted by atomic mass is 35.5. The molecule has 9 nitrogen and oxygen atoms in total. The lowest BCUT2D eigenvalue weighted by Crippen LogP contribution is -2.37. The SMILES string of the molecule is CN1CCC(CNC(=O)c2ccc3c(=O)n(C(CC4CCCCC4)C(=O)Nc4ncc(Cl)s4)cnc3c2)CC1. The van der Waals surface area contributed by atoms with Crippen molar-refractivity contribution >= 4 is 50.8 Å². The molecule has 1 saturated heterocycles. The summed E-state index contributed by atoms with van der Waals surface area (Å²) in [5, 5.41) is 6.65. The fourth-order valence-electron chi connectivity index (χ4n) is 5.69. The average molecular weight is 571 g/mol. The molecule has 1 saturated carbocycles. The molecule has 5 rings (SSSR count). The second-order valence-electron chi connectivity index (χ2n) is 10.9. The lowest BCUT2D eigenvalue weighted by Gasteiger charge is -2.28. The Balaban J connectivity index is 1.35. The van der Waals surface area contributed by atoms with Gasteiger partial charge in [-0.2, -0.15) is 0 Å². The van der Waals surface area contributed by atoms with Gasteiger partial charge in [0.2, 0.25) is 5.91 Å². The number of piperidine rings is 1. The topological polar surface area (TPSA) is 109 Å². The number of carbonyl (C=O) groups excluding carboxylic acids is 2. The average Bonchev–Trinajstić information content (AvgIpc) is 3.36. The van der Waals surface area contributed by atoms with E-state index < -0.39 is 6.04 Å². The van der Waals surface area contributed by atoms with Crippen LogP contribution in [0.15, 0.2) is 35.5 Å². The number of anilines is 1. The van der Waals surface area contributed by atoms with E-state index in [1.54, 1.807) is 18.2 Å². The van der Waals surface area contributed by atoms with Gasteiger partial charge in [-0.25, -0.2) is 9.97 Å². The minimum Gasteiger partial charge on any atom is -0.352 e. The third-order valence-corrected chi connectivity index (χ3v) is 9.09. The van der Waals surface area contributed by atoms with Crippen molar-refractivity contribution in [2.24, 2.45) is 11.8 Å². The molecule has 0 bridgehead atoms. The molecule has 39 heavy (non-hydrogen) atoms. The minimum absolute atomic E-state index is 0.168. The summed E-state index contributed by atoms with van der Waals surface area (Å²) in [6.45, 7) is 2.73. The lowest BCUT2D eigenvalue weighted by molar-refractivity contribution is -0.120. The van der Waals surface area contributed by atoms with Crippen LogP contribution < -0.4 is 16.2 Å². The number of nitrogens with zero attached hydrogens (tertiary/aromatic N) is 4. The molecule has 2 aromatic heterocycles. The number of halogens is 1. The van der Waals surface area contributed by atoms with Crippen LogP contribution in [0.5, 0.6) is 0 Å². The monoisotopic (exact) mass is 570 g/mol. The highest BCUT2D eigenvalue weighted by Gasteiger charge is 2.28. The van der Waals surface area contributed by atoms with Crippen molar-refractivity contribution in [3.63, 3.8) is 0 Å². The number of thiazole rings is 1. The summed E-state index contributed by atoms with van der Waals surface area (Å²) in [7, 11) is 2.12. The third-order valence-electron chi connectivity index (χ3n) is 8.06. The van der Waals surface area contributed by atoms with Gasteiger partial charge in [0.15, 0.2) is 5.13 Å². The van der Waals surface area contributed by atoms with Crippen LogP contribution >= 0.6 is 22.9 Å². The van der Waals surface area contributed by atoms with Crippen LogP contribution in [0.4, 0.5) is 5.13 Å². The molecular formula is C28H35ClN6O3S. The Bertz CT molecular complexity index is 1380. The van der Waals surface area contributed by atoms with E-state index in [0.29, 0.717) is 50.7 Å². The standard InChI is InChI=1S/C28H35ClN6O3S/c1-34-11-9-19(10-12-34)15-30-25(36)20-7-8-21-22(14-20)32-17-35(27(21)38)23(13-18-5-3-2-4-6-18)26(37)33-28-31-16-24(29)39-28/h7-8,14,16-19,23H,2-6,9-13,15H2,1H3,(H,30,36)(H,31,33,37). The number of nitrogens with one attached hydrogen (secondary N) is 2. The molecule has 2 amide bonds. The van der Waals surface area contributed by atoms with E-state index in [0.717, 1.165) is 51.6 Å². The molecule has 1 atom stereocenters. The fraction of sp³-hybridized carbons (Fsp3) is 0.536. The van der Waals surface area contributed by atoms with Crippen molar-refractivity contribution in [2.45, 2.75) is 57.4 Å². The zero-order valence-electron chi connectivity index (χ0n) is 22.2. The minimum atomic E-state index is -0.724. The molecular weight excluding hydrogens is 536 g/mol. The van der Waals surface area contributed by atoms with Gasteiger partial charge < -0.3 is 15.5 Å². The second-order valence-corrected chi connectivity index (χ2v) is 12.5. The van der Waals surface area contributed by atoms with E-state index in [1.807, 2.05) is 0 Å². The van der Waals surface area contributed by atoms with Crippen molar-refractivity contribution in [1.29, 1.82) is 0 Å². The largest absolute Gasteiger partial charge is 0.352 e. The van der Waals surface area contributed by atoms with Crippen molar-refractivity contribution in [2.75, 3.05) is 32.0 Å². The van der Waals surface area contributed by atoms with Gasteiger partial charge in [-0.1, -0.05) is 55.0 Å². The first-order chi connectivity index (χ1) is 18.9. The Hall–Kier alpha value is -2.82. The molecule has 1 aliphatic carbocycles. The first-order valence-corrected chi connectivity index (χ1v) is 15.0. The molecule has 2 N–H and O–H groups in total. The summed E-state index contributed by atoms with van der Waals surface area (Å²) >= 11 is 7.17. The first kappa shape index (κ1) is 27.7. The van der Waals surface area contributed by atoms with Crippen molar-refractivity contribution in [3.05, 3.63) is 51.0 Å². The molecule has 11 heteroatoms. The third kappa shape index (κ3) is 6.85. The summed E-state index contributed by atoms with van der Waals surface area (Å²) in [5.41, 5.74) is 0.607. The smallest absolute Gasteiger partial charge is 0.261 e. The normalized spacial score (nSPS) is 18.2. The number of carbonyl (C=O) groups is 2. The van der Waals surface area contributed by atoms with Crippen LogP contribution in [0.25, 0.3) is 10.9 Å². The molecule has 3 heterocycles. The molecule has 3 aromatic rings. The van der Waals surface area contributed by atoms with E-state index in [2.05, 4.69) is 32.5 Å². The van der Waals surface area contributed by atoms with Gasteiger partial charge in [0.05, 0.1) is 23.4 Å². The van der Waals surface area contributed by atoms with Gasteiger partial charge in [-0.15, -0.1) is 0 Å². The molecule has 1 aromatic carbocycles. The zero-order chi connectivity index (χ0) is 27.4. The Morgan fingerprint density at radius 1 is 1.10 bits per heavy atom. The van der Waals surface area contributed by atoms with Crippen molar-refractivity contribution < 1.29 is 9.59 Å². The number of hydrogen-bond donors (Lipinski definition) is 2. The molecule has 2 aliphatic rings. The van der Waals surface area contributed by atoms with Crippen LogP contribution in [0, 0.1) is 11.8 Å². The van der Waals surface area contributed by atoms with E-state index in [9.17, 15) is 14.4 Å². The maximum atomic E-state index is 13.6. The molecule has 2 fully saturated rings. The molecule has 0 spiro atoms. The van der Waals surface area contributed by atoms with Crippen molar-refractivity contribution in [3.8, 4) is 0 Å². The van der Waals surface area contributed by atoms with Crippen LogP contribution in [-0.2, 0) is 4.79 Å². The number of fused-ring (bicyclic) bond motifs is 1. The summed E-state index contributed by atoms with van der Waals surface area (Å²) < 4.78 is 1.91. The van der Waals surface area contributed by atoms with Gasteiger partial charge in [-0.05, 0) is 69.4 Å². The van der Waals surface area contributed by atoms with Crippen LogP contribution in [0.2, 0.25) is 4.34 Å². The maximum Gasteiger partial charge on any atom is 0.261 e. The lowest BCUT2D eigenvalue weighted by atomic mass is 9.84. The van der Waals surface area contributed by atoms with Gasteiger partial charge in [0.25, 0.3) is 11.5 Å². The number of aromatic nitrogens is 3. The molecule has 0 radical (unpaired) electrons. The second kappa shape index (κ2) is 12.6. The number of likely N-dealkylation sites (tertiary alicyclic amines) is 1. The number of amides is 2. The van der Waals surface area contributed by atoms with Gasteiger partial charge >= 0.3 is 0 Å². The Morgan fingerprint density at radius 2 is 1.87 bits per heavy atom. The number of rotatable bonds is 8. The van der Waals surface area contributed by atoms with Gasteiger partial charge in [0, 0.05) is 12.1 Å². The van der Waals surface area contributed by atoms with E-state index in [-0.39, 0.29) is 17.4 Å². The highest BCUT2D eigenvalue weighted by molar-refractivity contribution is 7.19. The van der Waals surface area contributed by atoms with E-state index >= 15 is 0 Å². The molecule has 208 valence electrons. The van der Waals surface area contributed by atoms with Crippen LogP contribution in [-0.4, -0.2) is 57.9 Å². The Kier molecular flexibility index (Phi) is 8.94. The summed E-state index contributed by atoms with van der Waals surface area (Å²) in [4.78, 5) is 50.8. The highest BCUT2D eigenvalue weighted by Crippen LogP contribution is 2.32. The maximum absolute atomic E-state index is 13.6. The number of benzene rings is 1. The van der Waals surface area contributed by atoms with Gasteiger partial charge in [0.1, 0.15) is 10.4 Å². The summed E-state index contributed by atoms with van der Waals surface area (Å²) in [6, 6.07) is 4.23. The van der Waals surface area contributed by atoms with Gasteiger partial charge in [-0.3, -0.25) is 19.0 Å². The van der Waals surface area contributed by atoms with E-state index in [4.69, 9.17) is 11.6 Å². The van der Waals surface area contributed by atoms with Crippen molar-refractivity contribution in [1.82, 2.24) is 24.8 Å². The number of hydrogen-bond acceptors (Lipinski definition) is 7.